The molecular formula is C22H27ClN2O. The molecule has 3 rings (SSSR count). The number of likely N-dealkylation sites (tertiary alicyclic amines) is 1. The number of nitrogens with zero attached hydrogens (tertiary/aromatic N) is 2. The lowest BCUT2D eigenvalue weighted by atomic mass is 10.0. The molecule has 3 nitrogen and oxygen atoms in total. The summed E-state index contributed by atoms with van der Waals surface area (Å²) in [5.74, 6) is 0.158. The molecule has 1 heterocycles. The molecule has 138 valence electrons. The molecule has 0 bridgehead atoms. The van der Waals surface area contributed by atoms with Gasteiger partial charge in [0.25, 0.3) is 0 Å². The number of amides is 1. The van der Waals surface area contributed by atoms with E-state index >= 15 is 0 Å². The van der Waals surface area contributed by atoms with E-state index in [0.717, 1.165) is 43.7 Å². The molecule has 26 heavy (non-hydrogen) atoms. The van der Waals surface area contributed by atoms with E-state index in [1.807, 2.05) is 41.3 Å². The summed E-state index contributed by atoms with van der Waals surface area (Å²) in [6, 6.07) is 16.1. The van der Waals surface area contributed by atoms with Crippen molar-refractivity contribution >= 4 is 23.2 Å². The number of hydrogen-bond acceptors (Lipinski definition) is 2. The molecule has 2 aromatic carbocycles. The van der Waals surface area contributed by atoms with Gasteiger partial charge in [-0.1, -0.05) is 48.4 Å². The minimum absolute atomic E-state index is 0.158. The average Bonchev–Trinajstić information content (AvgIpc) is 2.66. The van der Waals surface area contributed by atoms with Gasteiger partial charge in [-0.05, 0) is 56.1 Å². The van der Waals surface area contributed by atoms with E-state index in [1.165, 1.54) is 5.56 Å². The normalized spacial score (nSPS) is 15.8. The molecule has 1 fully saturated rings. The molecule has 1 amide bonds. The number of anilines is 1. The van der Waals surface area contributed by atoms with E-state index in [0.29, 0.717) is 11.4 Å². The third-order valence-corrected chi connectivity index (χ3v) is 5.47. The quantitative estimate of drug-likeness (QED) is 0.761. The second-order valence-corrected chi connectivity index (χ2v) is 7.50. The van der Waals surface area contributed by atoms with E-state index < -0.39 is 0 Å². The lowest BCUT2D eigenvalue weighted by molar-refractivity contribution is -0.118. The molecule has 0 atom stereocenters. The van der Waals surface area contributed by atoms with Crippen LogP contribution in [0.15, 0.2) is 48.5 Å². The SMILES string of the molecule is CCN1CCC(N(C(=O)Cc2ccc(C)cc2)c2ccc(Cl)cc2)CC1. The molecule has 2 aromatic rings. The van der Waals surface area contributed by atoms with Gasteiger partial charge in [0, 0.05) is 29.8 Å². The highest BCUT2D eigenvalue weighted by molar-refractivity contribution is 6.30. The second-order valence-electron chi connectivity index (χ2n) is 7.07. The highest BCUT2D eigenvalue weighted by Crippen LogP contribution is 2.26. The smallest absolute Gasteiger partial charge is 0.231 e. The summed E-state index contributed by atoms with van der Waals surface area (Å²) in [5.41, 5.74) is 3.22. The Bertz CT molecular complexity index is 719. The van der Waals surface area contributed by atoms with Crippen molar-refractivity contribution in [3.05, 3.63) is 64.7 Å². The Balaban J connectivity index is 1.81. The predicted octanol–water partition coefficient (Wildman–Crippen LogP) is 4.71. The molecule has 0 aliphatic carbocycles. The van der Waals surface area contributed by atoms with Crippen LogP contribution in [-0.4, -0.2) is 36.5 Å². The van der Waals surface area contributed by atoms with Crippen molar-refractivity contribution in [2.75, 3.05) is 24.5 Å². The van der Waals surface area contributed by atoms with Gasteiger partial charge in [-0.3, -0.25) is 4.79 Å². The Morgan fingerprint density at radius 2 is 1.69 bits per heavy atom. The van der Waals surface area contributed by atoms with E-state index in [-0.39, 0.29) is 11.9 Å². The van der Waals surface area contributed by atoms with Gasteiger partial charge in [-0.15, -0.1) is 0 Å². The predicted molar refractivity (Wildman–Crippen MR) is 109 cm³/mol. The maximum Gasteiger partial charge on any atom is 0.231 e. The number of piperidine rings is 1. The highest BCUT2D eigenvalue weighted by atomic mass is 35.5. The Morgan fingerprint density at radius 1 is 1.08 bits per heavy atom. The number of carbonyl (C=O) groups is 1. The van der Waals surface area contributed by atoms with Gasteiger partial charge in [0.05, 0.1) is 6.42 Å². The van der Waals surface area contributed by atoms with Gasteiger partial charge in [0.15, 0.2) is 0 Å². The van der Waals surface area contributed by atoms with Crippen molar-refractivity contribution in [1.82, 2.24) is 4.90 Å². The van der Waals surface area contributed by atoms with Crippen LogP contribution in [0.3, 0.4) is 0 Å². The first kappa shape index (κ1) is 18.9. The number of halogens is 1. The van der Waals surface area contributed by atoms with Crippen LogP contribution in [0.25, 0.3) is 0 Å². The van der Waals surface area contributed by atoms with Gasteiger partial charge in [0.1, 0.15) is 0 Å². The van der Waals surface area contributed by atoms with Crippen LogP contribution in [0.1, 0.15) is 30.9 Å². The Kier molecular flexibility index (Phi) is 6.33. The first-order valence-electron chi connectivity index (χ1n) is 9.42. The Labute approximate surface area is 161 Å². The summed E-state index contributed by atoms with van der Waals surface area (Å²) in [6.07, 6.45) is 2.45. The molecule has 0 aromatic heterocycles. The van der Waals surface area contributed by atoms with Gasteiger partial charge in [-0.25, -0.2) is 0 Å². The zero-order valence-electron chi connectivity index (χ0n) is 15.6. The minimum Gasteiger partial charge on any atom is -0.309 e. The molecular weight excluding hydrogens is 344 g/mol. The number of aryl methyl sites for hydroxylation is 1. The van der Waals surface area contributed by atoms with Crippen molar-refractivity contribution in [3.63, 3.8) is 0 Å². The van der Waals surface area contributed by atoms with Crippen LogP contribution in [0.4, 0.5) is 5.69 Å². The molecule has 1 aliphatic heterocycles. The zero-order valence-corrected chi connectivity index (χ0v) is 16.4. The summed E-state index contributed by atoms with van der Waals surface area (Å²) >= 11 is 6.05. The average molecular weight is 371 g/mol. The van der Waals surface area contributed by atoms with Crippen LogP contribution in [0.2, 0.25) is 5.02 Å². The van der Waals surface area contributed by atoms with E-state index in [9.17, 15) is 4.79 Å². The molecule has 1 aliphatic rings. The molecule has 0 unspecified atom stereocenters. The topological polar surface area (TPSA) is 23.6 Å². The first-order valence-corrected chi connectivity index (χ1v) is 9.80. The van der Waals surface area contributed by atoms with Crippen molar-refractivity contribution in [1.29, 1.82) is 0 Å². The lowest BCUT2D eigenvalue weighted by Gasteiger charge is -2.38. The van der Waals surface area contributed by atoms with Crippen molar-refractivity contribution in [2.45, 2.75) is 39.2 Å². The maximum absolute atomic E-state index is 13.2. The molecule has 0 saturated carbocycles. The molecule has 0 spiro atoms. The number of benzene rings is 2. The number of hydrogen-bond donors (Lipinski definition) is 0. The van der Waals surface area contributed by atoms with Crippen molar-refractivity contribution in [2.24, 2.45) is 0 Å². The summed E-state index contributed by atoms with van der Waals surface area (Å²) in [5, 5.41) is 0.695. The summed E-state index contributed by atoms with van der Waals surface area (Å²) in [6.45, 7) is 7.42. The Hall–Kier alpha value is -1.84. The fourth-order valence-electron chi connectivity index (χ4n) is 3.62. The Morgan fingerprint density at radius 3 is 2.27 bits per heavy atom. The van der Waals surface area contributed by atoms with E-state index in [2.05, 4.69) is 30.9 Å². The van der Waals surface area contributed by atoms with Crippen LogP contribution in [-0.2, 0) is 11.2 Å². The number of carbonyl (C=O) groups excluding carboxylic acids is 1. The largest absolute Gasteiger partial charge is 0.309 e. The van der Waals surface area contributed by atoms with Crippen LogP contribution < -0.4 is 4.90 Å². The molecule has 1 saturated heterocycles. The summed E-state index contributed by atoms with van der Waals surface area (Å²) < 4.78 is 0. The van der Waals surface area contributed by atoms with Gasteiger partial charge >= 0.3 is 0 Å². The van der Waals surface area contributed by atoms with Gasteiger partial charge < -0.3 is 9.80 Å². The standard InChI is InChI=1S/C22H27ClN2O/c1-3-24-14-12-21(13-15-24)25(20-10-8-19(23)9-11-20)22(26)16-18-6-4-17(2)5-7-18/h4-11,21H,3,12-16H2,1-2H3. The van der Waals surface area contributed by atoms with E-state index in [4.69, 9.17) is 11.6 Å². The fourth-order valence-corrected chi connectivity index (χ4v) is 3.75. The van der Waals surface area contributed by atoms with Crippen LogP contribution >= 0.6 is 11.6 Å². The molecule has 0 radical (unpaired) electrons. The lowest BCUT2D eigenvalue weighted by Crippen LogP contribution is -2.48. The maximum atomic E-state index is 13.2. The zero-order chi connectivity index (χ0) is 18.5. The van der Waals surface area contributed by atoms with Gasteiger partial charge in [0.2, 0.25) is 5.91 Å². The van der Waals surface area contributed by atoms with Crippen molar-refractivity contribution < 1.29 is 4.79 Å². The van der Waals surface area contributed by atoms with Crippen LogP contribution in [0, 0.1) is 6.92 Å². The molecule has 4 heteroatoms. The third-order valence-electron chi connectivity index (χ3n) is 5.22. The summed E-state index contributed by atoms with van der Waals surface area (Å²) in [4.78, 5) is 17.7. The van der Waals surface area contributed by atoms with Crippen LogP contribution in [0.5, 0.6) is 0 Å². The fraction of sp³-hybridized carbons (Fsp3) is 0.409. The molecule has 0 N–H and O–H groups in total. The summed E-state index contributed by atoms with van der Waals surface area (Å²) in [7, 11) is 0. The third kappa shape index (κ3) is 4.66. The van der Waals surface area contributed by atoms with Crippen molar-refractivity contribution in [3.8, 4) is 0 Å². The number of rotatable bonds is 5. The van der Waals surface area contributed by atoms with E-state index in [1.54, 1.807) is 0 Å². The highest BCUT2D eigenvalue weighted by Gasteiger charge is 2.28. The first-order chi connectivity index (χ1) is 12.6. The monoisotopic (exact) mass is 370 g/mol. The second kappa shape index (κ2) is 8.70. The van der Waals surface area contributed by atoms with Gasteiger partial charge in [-0.2, -0.15) is 0 Å². The minimum atomic E-state index is 0.158.